The lowest BCUT2D eigenvalue weighted by molar-refractivity contribution is -0.133. The maximum atomic E-state index is 12.4. The molecule has 1 aromatic heterocycles. The minimum Gasteiger partial charge on any atom is -0.340 e. The van der Waals surface area contributed by atoms with Crippen LogP contribution >= 0.6 is 11.3 Å². The topological polar surface area (TPSA) is 26.8 Å². The Morgan fingerprint density at radius 3 is 2.67 bits per heavy atom. The second kappa shape index (κ2) is 8.45. The van der Waals surface area contributed by atoms with E-state index in [2.05, 4.69) is 40.8 Å². The molecule has 4 nitrogen and oxygen atoms in total. The van der Waals surface area contributed by atoms with E-state index in [1.165, 1.54) is 35.7 Å². The van der Waals surface area contributed by atoms with Crippen LogP contribution in [0.25, 0.3) is 0 Å². The van der Waals surface area contributed by atoms with Gasteiger partial charge in [0.1, 0.15) is 0 Å². The van der Waals surface area contributed by atoms with Crippen LogP contribution in [0.3, 0.4) is 0 Å². The molecular weight excluding hydrogens is 318 g/mol. The fourth-order valence-corrected chi connectivity index (χ4v) is 4.90. The highest BCUT2D eigenvalue weighted by atomic mass is 32.1. The normalized spacial score (nSPS) is 23.6. The number of likely N-dealkylation sites (N-methyl/N-ethyl adjacent to an activating group) is 1. The molecule has 3 heterocycles. The van der Waals surface area contributed by atoms with E-state index in [9.17, 15) is 4.79 Å². The van der Waals surface area contributed by atoms with Crippen molar-refractivity contribution in [3.63, 3.8) is 0 Å². The first-order valence-electron chi connectivity index (χ1n) is 9.37. The van der Waals surface area contributed by atoms with Crippen LogP contribution in [0, 0.1) is 6.92 Å². The number of rotatable bonds is 5. The molecule has 3 rings (SSSR count). The van der Waals surface area contributed by atoms with E-state index in [1.54, 1.807) is 0 Å². The third-order valence-electron chi connectivity index (χ3n) is 5.39. The zero-order chi connectivity index (χ0) is 16.9. The highest BCUT2D eigenvalue weighted by Gasteiger charge is 2.28. The highest BCUT2D eigenvalue weighted by Crippen LogP contribution is 2.19. The minimum absolute atomic E-state index is 0.351. The van der Waals surface area contributed by atoms with Gasteiger partial charge < -0.3 is 9.80 Å². The molecule has 24 heavy (non-hydrogen) atoms. The van der Waals surface area contributed by atoms with E-state index in [-0.39, 0.29) is 0 Å². The lowest BCUT2D eigenvalue weighted by Crippen LogP contribution is -2.55. The first kappa shape index (κ1) is 17.9. The summed E-state index contributed by atoms with van der Waals surface area (Å²) in [6.07, 6.45) is 5.34. The predicted octanol–water partition coefficient (Wildman–Crippen LogP) is 2.62. The van der Waals surface area contributed by atoms with Crippen molar-refractivity contribution >= 4 is 17.2 Å². The molecular formula is C19H31N3OS. The summed E-state index contributed by atoms with van der Waals surface area (Å²) < 4.78 is 0. The molecule has 0 unspecified atom stereocenters. The Labute approximate surface area is 150 Å². The van der Waals surface area contributed by atoms with Crippen molar-refractivity contribution in [1.29, 1.82) is 0 Å². The zero-order valence-electron chi connectivity index (χ0n) is 15.2. The number of hydrogen-bond acceptors (Lipinski definition) is 4. The van der Waals surface area contributed by atoms with Gasteiger partial charge in [-0.15, -0.1) is 11.3 Å². The average molecular weight is 350 g/mol. The summed E-state index contributed by atoms with van der Waals surface area (Å²) in [5.41, 5.74) is 0. The number of amides is 1. The van der Waals surface area contributed by atoms with Crippen LogP contribution in [0.5, 0.6) is 0 Å². The second-order valence-electron chi connectivity index (χ2n) is 7.34. The van der Waals surface area contributed by atoms with Crippen molar-refractivity contribution < 1.29 is 4.79 Å². The number of likely N-dealkylation sites (tertiary alicyclic amines) is 1. The number of thiophene rings is 1. The number of aryl methyl sites for hydroxylation is 2. The van der Waals surface area contributed by atoms with Crippen molar-refractivity contribution in [2.75, 3.05) is 46.3 Å². The fourth-order valence-electron chi connectivity index (χ4n) is 3.97. The number of carbonyl (C=O) groups excluding carboxylic acids is 1. The van der Waals surface area contributed by atoms with Crippen LogP contribution in [0.1, 0.15) is 35.4 Å². The van der Waals surface area contributed by atoms with Crippen LogP contribution in [-0.2, 0) is 11.2 Å². The third-order valence-corrected chi connectivity index (χ3v) is 6.45. The van der Waals surface area contributed by atoms with Crippen molar-refractivity contribution in [3.05, 3.63) is 21.9 Å². The molecule has 0 spiro atoms. The zero-order valence-corrected chi connectivity index (χ0v) is 16.0. The van der Waals surface area contributed by atoms with Crippen LogP contribution in [-0.4, -0.2) is 73.0 Å². The van der Waals surface area contributed by atoms with Gasteiger partial charge in [0, 0.05) is 54.9 Å². The number of carbonyl (C=O) groups is 1. The van der Waals surface area contributed by atoms with Gasteiger partial charge in [0.2, 0.25) is 5.91 Å². The summed E-state index contributed by atoms with van der Waals surface area (Å²) in [5.74, 6) is 0.351. The molecule has 0 aromatic carbocycles. The Hall–Kier alpha value is -0.910. The molecule has 1 aromatic rings. The van der Waals surface area contributed by atoms with Gasteiger partial charge in [0.15, 0.2) is 0 Å². The molecule has 2 saturated heterocycles. The summed E-state index contributed by atoms with van der Waals surface area (Å²) in [4.78, 5) is 22.3. The molecule has 0 bridgehead atoms. The van der Waals surface area contributed by atoms with Gasteiger partial charge in [-0.3, -0.25) is 9.69 Å². The molecule has 5 heteroatoms. The maximum Gasteiger partial charge on any atom is 0.222 e. The molecule has 2 fully saturated rings. The fraction of sp³-hybridized carbons (Fsp3) is 0.737. The van der Waals surface area contributed by atoms with Crippen LogP contribution in [0.15, 0.2) is 12.1 Å². The van der Waals surface area contributed by atoms with Gasteiger partial charge in [-0.2, -0.15) is 0 Å². The number of piperidine rings is 1. The van der Waals surface area contributed by atoms with Crippen LogP contribution in [0.4, 0.5) is 0 Å². The van der Waals surface area contributed by atoms with E-state index < -0.39 is 0 Å². The van der Waals surface area contributed by atoms with Gasteiger partial charge in [0.05, 0.1) is 0 Å². The Morgan fingerprint density at radius 2 is 2.00 bits per heavy atom. The first-order chi connectivity index (χ1) is 11.6. The second-order valence-corrected chi connectivity index (χ2v) is 8.71. The van der Waals surface area contributed by atoms with Gasteiger partial charge >= 0.3 is 0 Å². The SMILES string of the molecule is Cc1ccc(CCCC(=O)N2CCN([C@@H]3CCCN(C)C3)CC2)s1. The molecule has 1 amide bonds. The summed E-state index contributed by atoms with van der Waals surface area (Å²) in [6.45, 7) is 8.49. The smallest absolute Gasteiger partial charge is 0.222 e. The number of piperazine rings is 1. The summed E-state index contributed by atoms with van der Waals surface area (Å²) in [5, 5.41) is 0. The molecule has 0 radical (unpaired) electrons. The summed E-state index contributed by atoms with van der Waals surface area (Å²) in [7, 11) is 2.22. The number of nitrogens with zero attached hydrogens (tertiary/aromatic N) is 3. The van der Waals surface area contributed by atoms with E-state index in [1.807, 2.05) is 11.3 Å². The lowest BCUT2D eigenvalue weighted by Gasteiger charge is -2.42. The van der Waals surface area contributed by atoms with Crippen molar-refractivity contribution in [3.8, 4) is 0 Å². The Balaban J connectivity index is 1.37. The van der Waals surface area contributed by atoms with Crippen LogP contribution in [0.2, 0.25) is 0 Å². The molecule has 134 valence electrons. The monoisotopic (exact) mass is 349 g/mol. The molecule has 2 aliphatic rings. The van der Waals surface area contributed by atoms with Gasteiger partial charge in [-0.1, -0.05) is 0 Å². The molecule has 0 saturated carbocycles. The summed E-state index contributed by atoms with van der Waals surface area (Å²) >= 11 is 1.86. The van der Waals surface area contributed by atoms with Crippen LogP contribution < -0.4 is 0 Å². The van der Waals surface area contributed by atoms with Gasteiger partial charge in [0.25, 0.3) is 0 Å². The van der Waals surface area contributed by atoms with E-state index >= 15 is 0 Å². The van der Waals surface area contributed by atoms with Crippen molar-refractivity contribution in [1.82, 2.24) is 14.7 Å². The van der Waals surface area contributed by atoms with E-state index in [0.717, 1.165) is 39.0 Å². The molecule has 2 aliphatic heterocycles. The summed E-state index contributed by atoms with van der Waals surface area (Å²) in [6, 6.07) is 5.07. The van der Waals surface area contributed by atoms with Gasteiger partial charge in [-0.05, 0) is 58.3 Å². The molecule has 1 atom stereocenters. The van der Waals surface area contributed by atoms with E-state index in [4.69, 9.17) is 0 Å². The molecule has 0 N–H and O–H groups in total. The van der Waals surface area contributed by atoms with Gasteiger partial charge in [-0.25, -0.2) is 0 Å². The largest absolute Gasteiger partial charge is 0.340 e. The van der Waals surface area contributed by atoms with Crippen molar-refractivity contribution in [2.45, 2.75) is 45.1 Å². The maximum absolute atomic E-state index is 12.4. The standard InChI is InChI=1S/C19H31N3OS/c1-16-8-9-18(24-16)6-3-7-19(23)22-13-11-21(12-14-22)17-5-4-10-20(2)15-17/h8-9,17H,3-7,10-15H2,1-2H3/t17-/m1/s1. The Morgan fingerprint density at radius 1 is 1.21 bits per heavy atom. The number of hydrogen-bond donors (Lipinski definition) is 0. The quantitative estimate of drug-likeness (QED) is 0.818. The predicted molar refractivity (Wildman–Crippen MR) is 101 cm³/mol. The average Bonchev–Trinajstić information content (AvgIpc) is 3.00. The first-order valence-corrected chi connectivity index (χ1v) is 10.2. The Bertz CT molecular complexity index is 536. The third kappa shape index (κ3) is 4.80. The van der Waals surface area contributed by atoms with Crippen molar-refractivity contribution in [2.24, 2.45) is 0 Å². The highest BCUT2D eigenvalue weighted by molar-refractivity contribution is 7.11. The molecule has 0 aliphatic carbocycles. The lowest BCUT2D eigenvalue weighted by atomic mass is 10.0. The Kier molecular flexibility index (Phi) is 6.31. The minimum atomic E-state index is 0.351. The van der Waals surface area contributed by atoms with E-state index in [0.29, 0.717) is 18.4 Å².